The molecule has 3 nitrogen and oxygen atoms in total. The second-order valence-corrected chi connectivity index (χ2v) is 9.03. The van der Waals surface area contributed by atoms with Crippen molar-refractivity contribution in [2.24, 2.45) is 5.41 Å². The van der Waals surface area contributed by atoms with E-state index in [0.717, 1.165) is 0 Å². The second kappa shape index (κ2) is 3.74. The van der Waals surface area contributed by atoms with Crippen LogP contribution in [0.1, 0.15) is 55.4 Å². The Morgan fingerprint density at radius 2 is 1.13 bits per heavy atom. The van der Waals surface area contributed by atoms with Crippen LogP contribution in [0.2, 0.25) is 0 Å². The molecule has 1 N–H and O–H groups in total. The summed E-state index contributed by atoms with van der Waals surface area (Å²) >= 11 is 0. The van der Waals surface area contributed by atoms with Gasteiger partial charge >= 0.3 is 0 Å². The van der Waals surface area contributed by atoms with Gasteiger partial charge in [-0.25, -0.2) is 13.1 Å². The first kappa shape index (κ1) is 14.9. The number of hydrogen-bond acceptors (Lipinski definition) is 2. The van der Waals surface area contributed by atoms with Crippen LogP contribution in [0.15, 0.2) is 0 Å². The van der Waals surface area contributed by atoms with Crippen LogP contribution < -0.4 is 4.72 Å². The predicted molar refractivity (Wildman–Crippen MR) is 65.3 cm³/mol. The molecule has 0 spiro atoms. The molecule has 0 radical (unpaired) electrons. The van der Waals surface area contributed by atoms with Crippen LogP contribution >= 0.6 is 0 Å². The van der Waals surface area contributed by atoms with Gasteiger partial charge in [0, 0.05) is 5.54 Å². The summed E-state index contributed by atoms with van der Waals surface area (Å²) in [5.74, 6) is 0. The summed E-state index contributed by atoms with van der Waals surface area (Å²) in [6.07, 6.45) is 0. The van der Waals surface area contributed by atoms with Crippen molar-refractivity contribution in [3.63, 3.8) is 0 Å². The molecule has 0 saturated carbocycles. The molecule has 0 heterocycles. The van der Waals surface area contributed by atoms with E-state index in [1.165, 1.54) is 0 Å². The average Bonchev–Trinajstić information content (AvgIpc) is 1.77. The number of nitrogens with one attached hydrogen (secondary N) is 1. The van der Waals surface area contributed by atoms with E-state index in [0.29, 0.717) is 0 Å². The van der Waals surface area contributed by atoms with Crippen LogP contribution in [0.25, 0.3) is 0 Å². The van der Waals surface area contributed by atoms with Crippen LogP contribution in [0, 0.1) is 5.41 Å². The van der Waals surface area contributed by atoms with Gasteiger partial charge in [-0.2, -0.15) is 0 Å². The lowest BCUT2D eigenvalue weighted by molar-refractivity contribution is 0.206. The van der Waals surface area contributed by atoms with Crippen molar-refractivity contribution in [2.45, 2.75) is 65.7 Å². The van der Waals surface area contributed by atoms with Gasteiger partial charge in [0.1, 0.15) is 0 Å². The van der Waals surface area contributed by atoms with E-state index >= 15 is 0 Å². The fraction of sp³-hybridized carbons (Fsp3) is 1.00. The first-order chi connectivity index (χ1) is 6.21. The fourth-order valence-corrected chi connectivity index (χ4v) is 1.93. The Morgan fingerprint density at radius 1 is 0.800 bits per heavy atom. The maximum absolute atomic E-state index is 12.0. The average molecular weight is 235 g/mol. The Labute approximate surface area is 94.7 Å². The minimum Gasteiger partial charge on any atom is -0.212 e. The van der Waals surface area contributed by atoms with Gasteiger partial charge in [-0.15, -0.1) is 0 Å². The van der Waals surface area contributed by atoms with Crippen molar-refractivity contribution >= 4 is 10.0 Å². The molecular formula is C11H25NO2S. The number of rotatable bonds is 2. The van der Waals surface area contributed by atoms with Gasteiger partial charge in [0.2, 0.25) is 10.0 Å². The van der Waals surface area contributed by atoms with Crippen LogP contribution in [0.5, 0.6) is 0 Å². The molecule has 0 saturated heterocycles. The minimum atomic E-state index is -3.29. The quantitative estimate of drug-likeness (QED) is 0.799. The Bertz CT molecular complexity index is 315. The van der Waals surface area contributed by atoms with Crippen molar-refractivity contribution in [2.75, 3.05) is 0 Å². The van der Waals surface area contributed by atoms with Crippen LogP contribution in [-0.2, 0) is 10.0 Å². The summed E-state index contributed by atoms with van der Waals surface area (Å²) in [7, 11) is -3.29. The van der Waals surface area contributed by atoms with Crippen molar-refractivity contribution in [3.8, 4) is 0 Å². The summed E-state index contributed by atoms with van der Waals surface area (Å²) < 4.78 is 26.0. The van der Waals surface area contributed by atoms with E-state index in [-0.39, 0.29) is 5.41 Å². The molecule has 0 aliphatic heterocycles. The topological polar surface area (TPSA) is 46.2 Å². The van der Waals surface area contributed by atoms with Crippen molar-refractivity contribution in [1.82, 2.24) is 4.72 Å². The molecule has 0 unspecified atom stereocenters. The molecule has 0 aliphatic carbocycles. The molecule has 0 fully saturated rings. The zero-order valence-electron chi connectivity index (χ0n) is 11.2. The van der Waals surface area contributed by atoms with E-state index in [4.69, 9.17) is 0 Å². The van der Waals surface area contributed by atoms with E-state index in [1.807, 2.05) is 34.6 Å². The molecule has 0 aromatic carbocycles. The highest BCUT2D eigenvalue weighted by Crippen LogP contribution is 2.31. The first-order valence-corrected chi connectivity index (χ1v) is 6.72. The molecule has 15 heavy (non-hydrogen) atoms. The third-order valence-corrected chi connectivity index (χ3v) is 5.46. The highest BCUT2D eigenvalue weighted by Gasteiger charge is 2.40. The highest BCUT2D eigenvalue weighted by molar-refractivity contribution is 7.90. The van der Waals surface area contributed by atoms with Gasteiger partial charge in [-0.05, 0) is 40.0 Å². The summed E-state index contributed by atoms with van der Waals surface area (Å²) in [5.41, 5.74) is -0.579. The molecule has 0 bridgehead atoms. The lowest BCUT2D eigenvalue weighted by Gasteiger charge is -2.40. The fourth-order valence-electron chi connectivity index (χ4n) is 0.642. The van der Waals surface area contributed by atoms with Gasteiger partial charge in [-0.3, -0.25) is 0 Å². The molecule has 0 aromatic rings. The van der Waals surface area contributed by atoms with E-state index < -0.39 is 20.3 Å². The third kappa shape index (κ3) is 3.45. The zero-order chi connectivity index (χ0) is 12.7. The van der Waals surface area contributed by atoms with Crippen LogP contribution in [0.3, 0.4) is 0 Å². The number of hydrogen-bond donors (Lipinski definition) is 1. The second-order valence-electron chi connectivity index (χ2n) is 6.59. The van der Waals surface area contributed by atoms with Crippen molar-refractivity contribution in [1.29, 1.82) is 0 Å². The van der Waals surface area contributed by atoms with Gasteiger partial charge in [0.25, 0.3) is 0 Å². The smallest absolute Gasteiger partial charge is 0.212 e. The monoisotopic (exact) mass is 235 g/mol. The SMILES string of the molecule is CC(C)(C)C(C)(C)NS(=O)(=O)C(C)(C)C. The van der Waals surface area contributed by atoms with Crippen LogP contribution in [0.4, 0.5) is 0 Å². The Hall–Kier alpha value is -0.0900. The summed E-state index contributed by atoms with van der Waals surface area (Å²) in [6, 6.07) is 0. The Morgan fingerprint density at radius 3 is 1.33 bits per heavy atom. The van der Waals surface area contributed by atoms with Gasteiger partial charge < -0.3 is 0 Å². The summed E-state index contributed by atoms with van der Waals surface area (Å²) in [5, 5.41) is 0. The Balaban J connectivity index is 5.08. The van der Waals surface area contributed by atoms with Gasteiger partial charge in [-0.1, -0.05) is 20.8 Å². The lowest BCUT2D eigenvalue weighted by atomic mass is 9.77. The first-order valence-electron chi connectivity index (χ1n) is 5.24. The van der Waals surface area contributed by atoms with E-state index in [1.54, 1.807) is 20.8 Å². The van der Waals surface area contributed by atoms with Crippen molar-refractivity contribution < 1.29 is 8.42 Å². The summed E-state index contributed by atoms with van der Waals surface area (Å²) in [6.45, 7) is 15.0. The van der Waals surface area contributed by atoms with Crippen LogP contribution in [-0.4, -0.2) is 18.7 Å². The van der Waals surface area contributed by atoms with E-state index in [2.05, 4.69) is 4.72 Å². The predicted octanol–water partition coefficient (Wildman–Crippen LogP) is 2.53. The number of sulfonamides is 1. The standard InChI is InChI=1S/C11H25NO2S/c1-9(2,3)11(7,8)12-15(13,14)10(4,5)6/h12H,1-8H3. The normalized spacial score (nSPS) is 15.5. The minimum absolute atomic E-state index is 0.120. The molecule has 4 heteroatoms. The molecule has 0 rings (SSSR count). The molecule has 92 valence electrons. The highest BCUT2D eigenvalue weighted by atomic mass is 32.2. The maximum Gasteiger partial charge on any atom is 0.217 e. The molecule has 0 aromatic heterocycles. The molecule has 0 atom stereocenters. The van der Waals surface area contributed by atoms with Gasteiger partial charge in [0.05, 0.1) is 4.75 Å². The van der Waals surface area contributed by atoms with Crippen molar-refractivity contribution in [3.05, 3.63) is 0 Å². The van der Waals surface area contributed by atoms with Gasteiger partial charge in [0.15, 0.2) is 0 Å². The molecular weight excluding hydrogens is 210 g/mol. The zero-order valence-corrected chi connectivity index (χ0v) is 12.0. The summed E-state index contributed by atoms with van der Waals surface area (Å²) in [4.78, 5) is 0. The largest absolute Gasteiger partial charge is 0.217 e. The van der Waals surface area contributed by atoms with E-state index in [9.17, 15) is 8.42 Å². The molecule has 0 amide bonds. The molecule has 0 aliphatic rings. The Kier molecular flexibility index (Phi) is 3.71. The maximum atomic E-state index is 12.0. The third-order valence-electron chi connectivity index (χ3n) is 3.07. The lowest BCUT2D eigenvalue weighted by Crippen LogP contribution is -2.56.